The average molecular weight is 192 g/mol. The highest BCUT2D eigenvalue weighted by atomic mass is 35.5. The second kappa shape index (κ2) is 7.59. The molecule has 0 aliphatic rings. The van der Waals surface area contributed by atoms with E-state index < -0.39 is 0 Å². The first kappa shape index (κ1) is 11.9. The molecule has 0 radical (unpaired) electrons. The molecule has 0 saturated carbocycles. The Balaban J connectivity index is 3.37. The second-order valence-electron chi connectivity index (χ2n) is 2.90. The van der Waals surface area contributed by atoms with Gasteiger partial charge in [0.15, 0.2) is 0 Å². The third kappa shape index (κ3) is 6.65. The fourth-order valence-corrected chi connectivity index (χ4v) is 0.804. The van der Waals surface area contributed by atoms with Crippen LogP contribution in [-0.2, 0) is 4.74 Å². The molecule has 1 atom stereocenters. The van der Waals surface area contributed by atoms with Crippen LogP contribution in [0.15, 0.2) is 11.1 Å². The molecule has 0 aromatic rings. The Morgan fingerprint density at radius 1 is 1.67 bits per heavy atom. The minimum atomic E-state index is 0.386. The summed E-state index contributed by atoms with van der Waals surface area (Å²) in [7, 11) is 0. The van der Waals surface area contributed by atoms with Crippen LogP contribution in [0.4, 0.5) is 0 Å². The fraction of sp³-hybridized carbons (Fsp3) is 0.778. The zero-order chi connectivity index (χ0) is 9.40. The van der Waals surface area contributed by atoms with Crippen LogP contribution < -0.4 is 5.32 Å². The van der Waals surface area contributed by atoms with Crippen LogP contribution in [0.5, 0.6) is 0 Å². The summed E-state index contributed by atoms with van der Waals surface area (Å²) < 4.78 is 5.25. The third-order valence-corrected chi connectivity index (χ3v) is 1.86. The van der Waals surface area contributed by atoms with Crippen LogP contribution >= 0.6 is 11.6 Å². The molecule has 0 bridgehead atoms. The lowest BCUT2D eigenvalue weighted by molar-refractivity contribution is 0.128. The Kier molecular flexibility index (Phi) is 7.56. The van der Waals surface area contributed by atoms with E-state index >= 15 is 0 Å². The summed E-state index contributed by atoms with van der Waals surface area (Å²) in [6, 6.07) is 0.386. The molecule has 3 heteroatoms. The summed E-state index contributed by atoms with van der Waals surface area (Å²) >= 11 is 5.51. The van der Waals surface area contributed by atoms with Gasteiger partial charge in [-0.2, -0.15) is 0 Å². The van der Waals surface area contributed by atoms with Crippen LogP contribution in [-0.4, -0.2) is 25.8 Å². The Labute approximate surface area is 79.9 Å². The normalized spacial score (nSPS) is 14.8. The molecule has 0 aliphatic heterocycles. The Bertz CT molecular complexity index is 136. The van der Waals surface area contributed by atoms with E-state index in [0.717, 1.165) is 25.3 Å². The monoisotopic (exact) mass is 191 g/mol. The maximum absolute atomic E-state index is 5.51. The molecule has 2 nitrogen and oxygen atoms in total. The van der Waals surface area contributed by atoms with Crippen molar-refractivity contribution < 1.29 is 4.74 Å². The van der Waals surface area contributed by atoms with Gasteiger partial charge >= 0.3 is 0 Å². The van der Waals surface area contributed by atoms with Crippen molar-refractivity contribution in [3.05, 3.63) is 11.1 Å². The number of hydrogen-bond acceptors (Lipinski definition) is 2. The van der Waals surface area contributed by atoms with E-state index in [1.165, 1.54) is 0 Å². The molecule has 1 unspecified atom stereocenters. The topological polar surface area (TPSA) is 21.3 Å². The van der Waals surface area contributed by atoms with E-state index in [0.29, 0.717) is 6.04 Å². The Hall–Kier alpha value is -0.0500. The highest BCUT2D eigenvalue weighted by Gasteiger charge is 1.99. The molecule has 0 spiro atoms. The van der Waals surface area contributed by atoms with Crippen LogP contribution in [0.1, 0.15) is 20.8 Å². The molecule has 0 heterocycles. The van der Waals surface area contributed by atoms with E-state index in [9.17, 15) is 0 Å². The van der Waals surface area contributed by atoms with Gasteiger partial charge in [-0.3, -0.25) is 0 Å². The van der Waals surface area contributed by atoms with Gasteiger partial charge in [0, 0.05) is 24.7 Å². The van der Waals surface area contributed by atoms with E-state index in [1.54, 1.807) is 5.54 Å². The summed E-state index contributed by atoms with van der Waals surface area (Å²) in [5.74, 6) is 0. The molecule has 1 N–H and O–H groups in total. The van der Waals surface area contributed by atoms with Crippen molar-refractivity contribution in [3.63, 3.8) is 0 Å². The molecule has 0 aromatic heterocycles. The number of ether oxygens (including phenoxy) is 1. The van der Waals surface area contributed by atoms with Crippen molar-refractivity contribution in [2.45, 2.75) is 26.8 Å². The molecule has 72 valence electrons. The first-order valence-corrected chi connectivity index (χ1v) is 4.71. The molecule has 0 fully saturated rings. The summed E-state index contributed by atoms with van der Waals surface area (Å²) in [5.41, 5.74) is 2.74. The zero-order valence-electron chi connectivity index (χ0n) is 8.06. The average Bonchev–Trinajstić information content (AvgIpc) is 2.10. The summed E-state index contributed by atoms with van der Waals surface area (Å²) in [6.07, 6.45) is 0. The zero-order valence-corrected chi connectivity index (χ0v) is 8.82. The van der Waals surface area contributed by atoms with Gasteiger partial charge in [-0.25, -0.2) is 0 Å². The van der Waals surface area contributed by atoms with Gasteiger partial charge in [-0.15, -0.1) is 0 Å². The minimum Gasteiger partial charge on any atom is -0.380 e. The molecule has 0 aromatic carbocycles. The predicted octanol–water partition coefficient (Wildman–Crippen LogP) is 2.14. The first-order chi connectivity index (χ1) is 5.70. The lowest BCUT2D eigenvalue weighted by atomic mass is 10.3. The lowest BCUT2D eigenvalue weighted by Gasteiger charge is -2.13. The van der Waals surface area contributed by atoms with Gasteiger partial charge in [0.05, 0.1) is 6.61 Å². The van der Waals surface area contributed by atoms with E-state index in [-0.39, 0.29) is 0 Å². The van der Waals surface area contributed by atoms with Crippen molar-refractivity contribution >= 4 is 11.6 Å². The van der Waals surface area contributed by atoms with Crippen molar-refractivity contribution in [2.75, 3.05) is 19.8 Å². The molecule has 12 heavy (non-hydrogen) atoms. The highest BCUT2D eigenvalue weighted by molar-refractivity contribution is 6.25. The maximum Gasteiger partial charge on any atom is 0.0616 e. The van der Waals surface area contributed by atoms with Crippen LogP contribution in [0.25, 0.3) is 0 Å². The maximum atomic E-state index is 5.51. The lowest BCUT2D eigenvalue weighted by Crippen LogP contribution is -2.31. The van der Waals surface area contributed by atoms with Crippen LogP contribution in [0.2, 0.25) is 0 Å². The van der Waals surface area contributed by atoms with Gasteiger partial charge in [-0.05, 0) is 26.3 Å². The summed E-state index contributed by atoms with van der Waals surface area (Å²) in [4.78, 5) is 0. The first-order valence-electron chi connectivity index (χ1n) is 4.27. The van der Waals surface area contributed by atoms with Gasteiger partial charge in [0.1, 0.15) is 0 Å². The van der Waals surface area contributed by atoms with Crippen molar-refractivity contribution in [3.8, 4) is 0 Å². The summed E-state index contributed by atoms with van der Waals surface area (Å²) in [5, 5.41) is 3.29. The summed E-state index contributed by atoms with van der Waals surface area (Å²) in [6.45, 7) is 8.45. The third-order valence-electron chi connectivity index (χ3n) is 1.49. The van der Waals surface area contributed by atoms with Crippen LogP contribution in [0, 0.1) is 0 Å². The Morgan fingerprint density at radius 2 is 2.33 bits per heavy atom. The number of nitrogens with one attached hydrogen (secondary N) is 1. The predicted molar refractivity (Wildman–Crippen MR) is 53.6 cm³/mol. The molecular formula is C9H18ClNO. The van der Waals surface area contributed by atoms with E-state index in [1.807, 2.05) is 13.8 Å². The molecule has 0 aliphatic carbocycles. The van der Waals surface area contributed by atoms with Gasteiger partial charge < -0.3 is 10.1 Å². The van der Waals surface area contributed by atoms with Crippen LogP contribution in [0.3, 0.4) is 0 Å². The molecule has 0 rings (SSSR count). The molecule has 0 amide bonds. The smallest absolute Gasteiger partial charge is 0.0616 e. The van der Waals surface area contributed by atoms with E-state index in [4.69, 9.17) is 16.3 Å². The van der Waals surface area contributed by atoms with Crippen molar-refractivity contribution in [2.24, 2.45) is 0 Å². The minimum absolute atomic E-state index is 0.386. The largest absolute Gasteiger partial charge is 0.380 e. The molecular weight excluding hydrogens is 174 g/mol. The van der Waals surface area contributed by atoms with Crippen molar-refractivity contribution in [1.82, 2.24) is 5.32 Å². The van der Waals surface area contributed by atoms with Gasteiger partial charge in [-0.1, -0.05) is 11.6 Å². The van der Waals surface area contributed by atoms with Gasteiger partial charge in [0.2, 0.25) is 0 Å². The highest BCUT2D eigenvalue weighted by Crippen LogP contribution is 1.93. The Morgan fingerprint density at radius 3 is 2.83 bits per heavy atom. The quantitative estimate of drug-likeness (QED) is 0.695. The fourth-order valence-electron chi connectivity index (χ4n) is 0.727. The molecule has 0 saturated heterocycles. The standard InChI is InChI=1S/C9H18ClNO/c1-4-12-7-9(3)11-6-8(2)5-10/h5,9,11H,4,6-7H2,1-3H3. The number of halogens is 1. The number of rotatable bonds is 6. The van der Waals surface area contributed by atoms with E-state index in [2.05, 4.69) is 12.2 Å². The number of hydrogen-bond donors (Lipinski definition) is 1. The van der Waals surface area contributed by atoms with Gasteiger partial charge in [0.25, 0.3) is 0 Å². The SMILES string of the molecule is CCOCC(C)NCC(C)=CCl. The van der Waals surface area contributed by atoms with Crippen molar-refractivity contribution in [1.29, 1.82) is 0 Å². The second-order valence-corrected chi connectivity index (χ2v) is 3.12.